The molecule has 0 aliphatic rings. The van der Waals surface area contributed by atoms with Crippen LogP contribution in [-0.2, 0) is 0 Å². The Balaban J connectivity index is 0.000000523. The quantitative estimate of drug-likeness (QED) is 0.199. The van der Waals surface area contributed by atoms with Gasteiger partial charge in [0.2, 0.25) is 0 Å². The Morgan fingerprint density at radius 2 is 1.00 bits per heavy atom. The first-order valence-electron chi connectivity index (χ1n) is 9.71. The van der Waals surface area contributed by atoms with Gasteiger partial charge in [-0.05, 0) is 47.5 Å². The molecule has 7 heteroatoms. The minimum atomic E-state index is -6.00. The Morgan fingerprint density at radius 3 is 1.44 bits per heavy atom. The molecule has 0 radical (unpaired) electrons. The fourth-order valence-electron chi connectivity index (χ4n) is 2.89. The second kappa shape index (κ2) is 10.4. The Morgan fingerprint density at radius 1 is 0.594 bits per heavy atom. The van der Waals surface area contributed by atoms with E-state index in [2.05, 4.69) is 6.08 Å². The highest BCUT2D eigenvalue weighted by molar-refractivity contribution is 6.50. The van der Waals surface area contributed by atoms with Gasteiger partial charge in [-0.1, -0.05) is 60.7 Å². The SMILES string of the molecule is F[B-](F)(F)F.Oc1ccc(C=Cc2cc(-c3ccccc3)[o+]c(-c3ccccc3)c2)cc1. The Labute approximate surface area is 183 Å². The van der Waals surface area contributed by atoms with Crippen LogP contribution in [0.15, 0.2) is 101 Å². The third kappa shape index (κ3) is 7.43. The lowest BCUT2D eigenvalue weighted by atomic mass is 10.1. The van der Waals surface area contributed by atoms with Gasteiger partial charge in [0.05, 0.1) is 23.3 Å². The van der Waals surface area contributed by atoms with Crippen molar-refractivity contribution in [1.29, 1.82) is 0 Å². The highest BCUT2D eigenvalue weighted by Crippen LogP contribution is 2.29. The molecular weight excluding hydrogens is 419 g/mol. The maximum Gasteiger partial charge on any atom is 0.673 e. The second-order valence-corrected chi connectivity index (χ2v) is 6.77. The number of phenolic OH excluding ortho intramolecular Hbond substituents is 1. The summed E-state index contributed by atoms with van der Waals surface area (Å²) in [6.07, 6.45) is 4.08. The fourth-order valence-corrected chi connectivity index (χ4v) is 2.89. The van der Waals surface area contributed by atoms with Gasteiger partial charge in [-0.2, -0.15) is 0 Å². The van der Waals surface area contributed by atoms with E-state index in [9.17, 15) is 22.4 Å². The maximum atomic E-state index is 9.75. The fraction of sp³-hybridized carbons (Fsp3) is 0. The van der Waals surface area contributed by atoms with Gasteiger partial charge < -0.3 is 22.4 Å². The normalized spacial score (nSPS) is 11.1. The van der Waals surface area contributed by atoms with Crippen molar-refractivity contribution in [3.63, 3.8) is 0 Å². The summed E-state index contributed by atoms with van der Waals surface area (Å²) in [5.74, 6) is 1.91. The molecule has 2 nitrogen and oxygen atoms in total. The van der Waals surface area contributed by atoms with Crippen LogP contribution in [0.1, 0.15) is 11.1 Å². The number of hydrogen-bond donors (Lipinski definition) is 1. The summed E-state index contributed by atoms with van der Waals surface area (Å²) in [4.78, 5) is 0. The van der Waals surface area contributed by atoms with Crippen LogP contribution in [-0.4, -0.2) is 12.4 Å². The zero-order valence-electron chi connectivity index (χ0n) is 16.8. The van der Waals surface area contributed by atoms with Gasteiger partial charge >= 0.3 is 18.8 Å². The van der Waals surface area contributed by atoms with Crippen molar-refractivity contribution >= 4 is 19.4 Å². The largest absolute Gasteiger partial charge is 0.673 e. The molecule has 0 saturated heterocycles. The van der Waals surface area contributed by atoms with E-state index < -0.39 is 7.25 Å². The lowest BCUT2D eigenvalue weighted by molar-refractivity contribution is 0.368. The Bertz CT molecular complexity index is 1100. The molecule has 0 unspecified atom stereocenters. The monoisotopic (exact) mass is 438 g/mol. The standard InChI is InChI=1S/C25H18O2.BF4/c26-23-15-13-19(14-16-23)11-12-20-17-24(21-7-3-1-4-8-21)27-25(18-20)22-9-5-2-6-10-22;2-1(3,4)5/h1-18H;/q;-1/p+1. The van der Waals surface area contributed by atoms with Crippen LogP contribution >= 0.6 is 0 Å². The summed E-state index contributed by atoms with van der Waals surface area (Å²) < 4.78 is 45.2. The molecule has 3 aromatic carbocycles. The molecule has 162 valence electrons. The lowest BCUT2D eigenvalue weighted by Crippen LogP contribution is -2.02. The molecule has 1 N–H and O–H groups in total. The number of rotatable bonds is 4. The number of halogens is 4. The highest BCUT2D eigenvalue weighted by atomic mass is 19.5. The first-order valence-corrected chi connectivity index (χ1v) is 9.71. The predicted octanol–water partition coefficient (Wildman–Crippen LogP) is 8.07. The summed E-state index contributed by atoms with van der Waals surface area (Å²) in [5, 5.41) is 9.43. The molecule has 1 aromatic heterocycles. The van der Waals surface area contributed by atoms with Crippen molar-refractivity contribution < 1.29 is 26.8 Å². The maximum absolute atomic E-state index is 9.75. The minimum Gasteiger partial charge on any atom is -0.508 e. The van der Waals surface area contributed by atoms with E-state index in [-0.39, 0.29) is 5.75 Å². The van der Waals surface area contributed by atoms with E-state index in [1.165, 1.54) is 0 Å². The summed E-state index contributed by atoms with van der Waals surface area (Å²) in [7, 11) is -6.00. The number of phenols is 1. The molecule has 0 aliphatic carbocycles. The van der Waals surface area contributed by atoms with Gasteiger partial charge in [0, 0.05) is 0 Å². The Kier molecular flexibility index (Phi) is 7.44. The van der Waals surface area contributed by atoms with E-state index in [1.54, 1.807) is 12.1 Å². The second-order valence-electron chi connectivity index (χ2n) is 6.77. The smallest absolute Gasteiger partial charge is 0.508 e. The molecule has 0 bridgehead atoms. The van der Waals surface area contributed by atoms with Crippen LogP contribution in [0.25, 0.3) is 34.8 Å². The topological polar surface area (TPSA) is 31.5 Å². The van der Waals surface area contributed by atoms with Crippen molar-refractivity contribution in [2.24, 2.45) is 0 Å². The van der Waals surface area contributed by atoms with Gasteiger partial charge in [-0.15, -0.1) is 0 Å². The third-order valence-electron chi connectivity index (χ3n) is 4.29. The van der Waals surface area contributed by atoms with Crippen LogP contribution in [0.3, 0.4) is 0 Å². The van der Waals surface area contributed by atoms with Crippen LogP contribution in [0.2, 0.25) is 0 Å². The summed E-state index contributed by atoms with van der Waals surface area (Å²) in [5.41, 5.74) is 4.15. The van der Waals surface area contributed by atoms with E-state index in [1.807, 2.05) is 91.0 Å². The zero-order valence-corrected chi connectivity index (χ0v) is 16.8. The third-order valence-corrected chi connectivity index (χ3v) is 4.29. The number of hydrogen-bond acceptors (Lipinski definition) is 1. The molecule has 0 saturated carbocycles. The first-order chi connectivity index (χ1) is 15.3. The van der Waals surface area contributed by atoms with Crippen LogP contribution in [0.4, 0.5) is 17.3 Å². The molecule has 0 spiro atoms. The molecule has 4 rings (SSSR count). The van der Waals surface area contributed by atoms with Crippen LogP contribution in [0, 0.1) is 0 Å². The van der Waals surface area contributed by atoms with Gasteiger partial charge in [-0.3, -0.25) is 0 Å². The summed E-state index contributed by atoms with van der Waals surface area (Å²) in [6.45, 7) is 0. The van der Waals surface area contributed by atoms with E-state index >= 15 is 0 Å². The summed E-state index contributed by atoms with van der Waals surface area (Å²) in [6, 6.07) is 31.4. The van der Waals surface area contributed by atoms with Gasteiger partial charge in [0.25, 0.3) is 0 Å². The molecule has 0 fully saturated rings. The van der Waals surface area contributed by atoms with Crippen molar-refractivity contribution in [2.75, 3.05) is 0 Å². The average Bonchev–Trinajstić information content (AvgIpc) is 2.79. The molecule has 0 aliphatic heterocycles. The number of benzene rings is 3. The molecule has 32 heavy (non-hydrogen) atoms. The van der Waals surface area contributed by atoms with Crippen molar-refractivity contribution in [3.8, 4) is 28.4 Å². The van der Waals surface area contributed by atoms with Gasteiger partial charge in [0.15, 0.2) is 0 Å². The highest BCUT2D eigenvalue weighted by Gasteiger charge is 2.20. The van der Waals surface area contributed by atoms with Crippen molar-refractivity contribution in [2.45, 2.75) is 0 Å². The predicted molar refractivity (Wildman–Crippen MR) is 121 cm³/mol. The van der Waals surface area contributed by atoms with Crippen molar-refractivity contribution in [3.05, 3.63) is 108 Å². The van der Waals surface area contributed by atoms with Crippen molar-refractivity contribution in [1.82, 2.24) is 0 Å². The van der Waals surface area contributed by atoms with Crippen LogP contribution < -0.4 is 0 Å². The van der Waals surface area contributed by atoms with E-state index in [0.717, 1.165) is 33.8 Å². The first kappa shape index (κ1) is 22.8. The molecule has 4 aromatic rings. The number of aromatic hydroxyl groups is 1. The molecule has 0 amide bonds. The molecule has 0 atom stereocenters. The minimum absolute atomic E-state index is 0.267. The zero-order chi connectivity index (χ0) is 23.0. The van der Waals surface area contributed by atoms with Crippen LogP contribution in [0.5, 0.6) is 5.75 Å². The van der Waals surface area contributed by atoms with E-state index in [0.29, 0.717) is 0 Å². The molecular formula is C25H19BF4O2. The summed E-state index contributed by atoms with van der Waals surface area (Å²) >= 11 is 0. The van der Waals surface area contributed by atoms with Gasteiger partial charge in [0.1, 0.15) is 5.75 Å². The van der Waals surface area contributed by atoms with E-state index in [4.69, 9.17) is 4.42 Å². The molecule has 1 heterocycles. The lowest BCUT2D eigenvalue weighted by Gasteiger charge is -1.98. The average molecular weight is 438 g/mol. The van der Waals surface area contributed by atoms with Gasteiger partial charge in [-0.25, -0.2) is 4.42 Å². The Hall–Kier alpha value is -3.87.